The second-order valence-electron chi connectivity index (χ2n) is 20.5. The molecule has 2 aromatic carbocycles. The third-order valence-corrected chi connectivity index (χ3v) is 56.3. The third kappa shape index (κ3) is 2.24. The van der Waals surface area contributed by atoms with Gasteiger partial charge in [0.05, 0.1) is 0 Å². The minimum absolute atomic E-state index is 0.0593. The average molecular weight is 556 g/mol. The summed E-state index contributed by atoms with van der Waals surface area (Å²) in [5, 5.41) is 2.78. The Kier molecular flexibility index (Phi) is 2.65. The Morgan fingerprint density at radius 1 is 0.828 bits per heavy atom. The quantitative estimate of drug-likeness (QED) is 0.329. The van der Waals surface area contributed by atoms with Crippen molar-refractivity contribution in [2.75, 3.05) is 0 Å². The van der Waals surface area contributed by atoms with E-state index in [-0.39, 0.29) is 3.17 Å². The molecule has 0 heterocycles. The molecular formula is C28H41Hf. The Morgan fingerprint density at radius 3 is 2.07 bits per heavy atom. The van der Waals surface area contributed by atoms with E-state index in [0.29, 0.717) is 3.67 Å². The summed E-state index contributed by atoms with van der Waals surface area (Å²) >= 11 is -5.64. The van der Waals surface area contributed by atoms with Crippen molar-refractivity contribution in [3.8, 4) is 0 Å². The van der Waals surface area contributed by atoms with Gasteiger partial charge in [0.1, 0.15) is 0 Å². The van der Waals surface area contributed by atoms with Crippen LogP contribution in [-0.2, 0) is 15.8 Å². The van der Waals surface area contributed by atoms with Crippen molar-refractivity contribution >= 4 is 16.8 Å². The van der Waals surface area contributed by atoms with Crippen LogP contribution >= 0.6 is 0 Å². The SMILES string of the molecule is CCC[C]1([Hf]([CH3])([CH3])([CH3])([CH3])([CH3])([CH3])([CH3])[CH]2C=CC=C2)C=Cc2ccc3ccccc3c21. The fourth-order valence-corrected chi connectivity index (χ4v) is 41.2. The average Bonchev–Trinajstić information content (AvgIpc) is 3.23. The van der Waals surface area contributed by atoms with Gasteiger partial charge in [-0.15, -0.1) is 0 Å². The molecule has 0 nitrogen and oxygen atoms in total. The Morgan fingerprint density at radius 2 is 1.45 bits per heavy atom. The van der Waals surface area contributed by atoms with Crippen molar-refractivity contribution in [3.05, 3.63) is 77.9 Å². The maximum atomic E-state index is 2.73. The standard InChI is InChI=1S/C16H15.C5H5.7CH3.Hf/c1-2-5-13-10-11-14-9-8-12-6-3-4-7-15(12)16(13)14;1-2-4-5-3-1;;;;;;;;/h3-4,6-11H,2,5H2,1H3;1-5H;7*1H3;. The third-order valence-electron chi connectivity index (χ3n) is 10.2. The van der Waals surface area contributed by atoms with Crippen LogP contribution in [0.15, 0.2) is 66.8 Å². The Hall–Kier alpha value is -1.21. The van der Waals surface area contributed by atoms with Crippen LogP contribution in [-0.4, -0.2) is 0 Å². The van der Waals surface area contributed by atoms with Gasteiger partial charge in [-0.2, -0.15) is 0 Å². The molecule has 1 atom stereocenters. The monoisotopic (exact) mass is 557 g/mol. The first-order chi connectivity index (χ1) is 12.8. The number of fused-ring (bicyclic) bond motifs is 3. The molecule has 0 saturated carbocycles. The minimum atomic E-state index is -5.64. The van der Waals surface area contributed by atoms with Crippen LogP contribution in [0.5, 0.6) is 0 Å². The molecule has 0 radical (unpaired) electrons. The summed E-state index contributed by atoms with van der Waals surface area (Å²) in [6.45, 7) is 2.36. The number of hydrogen-bond donors (Lipinski definition) is 0. The van der Waals surface area contributed by atoms with Gasteiger partial charge in [-0.3, -0.25) is 0 Å². The van der Waals surface area contributed by atoms with Gasteiger partial charge in [0.2, 0.25) is 0 Å². The summed E-state index contributed by atoms with van der Waals surface area (Å²) in [4.78, 5) is 0. The molecule has 0 aromatic heterocycles. The van der Waals surface area contributed by atoms with Gasteiger partial charge in [0, 0.05) is 0 Å². The summed E-state index contributed by atoms with van der Waals surface area (Å²) in [6.07, 6.45) is 16.9. The molecule has 0 N–H and O–H groups in total. The van der Waals surface area contributed by atoms with Crippen LogP contribution < -0.4 is 0 Å². The summed E-state index contributed by atoms with van der Waals surface area (Å²) in [5.74, 6) is 0. The van der Waals surface area contributed by atoms with Crippen LogP contribution in [0.2, 0.25) is 36.4 Å². The van der Waals surface area contributed by atoms with Gasteiger partial charge in [-0.1, -0.05) is 0 Å². The van der Waals surface area contributed by atoms with Crippen molar-refractivity contribution in [2.24, 2.45) is 0 Å². The second kappa shape index (κ2) is 3.66. The van der Waals surface area contributed by atoms with Gasteiger partial charge in [0.25, 0.3) is 0 Å². The van der Waals surface area contributed by atoms with E-state index >= 15 is 0 Å². The number of benzene rings is 2. The van der Waals surface area contributed by atoms with E-state index in [1.165, 1.54) is 16.3 Å². The van der Waals surface area contributed by atoms with Crippen LogP contribution in [0.1, 0.15) is 30.9 Å². The predicted octanol–water partition coefficient (Wildman–Crippen LogP) is 9.95. The van der Waals surface area contributed by atoms with Gasteiger partial charge in [-0.05, 0) is 0 Å². The Balaban J connectivity index is 2.35. The van der Waals surface area contributed by atoms with E-state index in [1.807, 2.05) is 0 Å². The number of rotatable bonds is 4. The van der Waals surface area contributed by atoms with Crippen molar-refractivity contribution in [1.29, 1.82) is 0 Å². The summed E-state index contributed by atoms with van der Waals surface area (Å²) < 4.78 is 19.4. The molecule has 1 unspecified atom stereocenters. The summed E-state index contributed by atoms with van der Waals surface area (Å²) in [7, 11) is 0. The first-order valence-corrected chi connectivity index (χ1v) is 40.7. The summed E-state index contributed by atoms with van der Waals surface area (Å²) in [6, 6.07) is 13.7. The molecule has 1 heteroatoms. The maximum absolute atomic E-state index is 5.64. The zero-order valence-corrected chi connectivity index (χ0v) is 23.5. The zero-order valence-electron chi connectivity index (χ0n) is 19.9. The van der Waals surface area contributed by atoms with E-state index in [9.17, 15) is 0 Å². The van der Waals surface area contributed by atoms with Crippen LogP contribution in [0.4, 0.5) is 0 Å². The van der Waals surface area contributed by atoms with Crippen LogP contribution in [0.25, 0.3) is 16.8 Å². The Labute approximate surface area is 166 Å². The van der Waals surface area contributed by atoms with Crippen molar-refractivity contribution < 1.29 is 12.6 Å². The van der Waals surface area contributed by atoms with Gasteiger partial charge in [-0.25, -0.2) is 0 Å². The molecule has 0 bridgehead atoms. The zero-order chi connectivity index (χ0) is 21.6. The molecule has 2 aliphatic carbocycles. The molecular weight excluding hydrogens is 515 g/mol. The van der Waals surface area contributed by atoms with Crippen LogP contribution in [0, 0.1) is 0 Å². The Bertz CT molecular complexity index is 1200. The van der Waals surface area contributed by atoms with Crippen molar-refractivity contribution in [2.45, 2.75) is 59.4 Å². The molecule has 2 aliphatic rings. The topological polar surface area (TPSA) is 0 Å². The number of allylic oxidation sites excluding steroid dienone is 5. The summed E-state index contributed by atoms with van der Waals surface area (Å²) in [5.41, 5.74) is 2.96. The number of hydrogen-bond acceptors (Lipinski definition) is 0. The van der Waals surface area contributed by atoms with E-state index in [2.05, 4.69) is 113 Å². The van der Waals surface area contributed by atoms with Crippen molar-refractivity contribution in [3.63, 3.8) is 0 Å². The molecule has 2 aromatic rings. The van der Waals surface area contributed by atoms with Gasteiger partial charge in [0.15, 0.2) is 0 Å². The van der Waals surface area contributed by atoms with E-state index < -0.39 is 12.6 Å². The molecule has 0 saturated heterocycles. The molecule has 0 aliphatic heterocycles. The second-order valence-corrected chi connectivity index (χ2v) is 130. The van der Waals surface area contributed by atoms with E-state index in [1.54, 1.807) is 5.56 Å². The first-order valence-electron chi connectivity index (χ1n) is 11.7. The van der Waals surface area contributed by atoms with Gasteiger partial charge >= 0.3 is 167 Å². The molecule has 0 fully saturated rings. The molecule has 157 valence electrons. The first kappa shape index (κ1) is 21.0. The fourth-order valence-electron chi connectivity index (χ4n) is 7.54. The van der Waals surface area contributed by atoms with Crippen molar-refractivity contribution in [1.82, 2.24) is 0 Å². The predicted molar refractivity (Wildman–Crippen MR) is 133 cm³/mol. The molecule has 0 amide bonds. The van der Waals surface area contributed by atoms with Crippen LogP contribution in [0.3, 0.4) is 0 Å². The fraction of sp³-hybridized carbons (Fsp3) is 0.429. The van der Waals surface area contributed by atoms with Gasteiger partial charge < -0.3 is 0 Å². The van der Waals surface area contributed by atoms with E-state index in [0.717, 1.165) is 12.8 Å². The van der Waals surface area contributed by atoms with E-state index in [4.69, 9.17) is 0 Å². The molecule has 29 heavy (non-hydrogen) atoms. The molecule has 0 spiro atoms. The normalized spacial score (nSPS) is 28.8. The molecule has 4 rings (SSSR count).